The normalized spacial score (nSPS) is 11.3. The minimum atomic E-state index is -0.749. The molecule has 8 heteroatoms. The summed E-state index contributed by atoms with van der Waals surface area (Å²) in [6.07, 6.45) is 2.24. The summed E-state index contributed by atoms with van der Waals surface area (Å²) in [5, 5.41) is 8.55. The summed E-state index contributed by atoms with van der Waals surface area (Å²) in [5.41, 5.74) is 6.76. The smallest absolute Gasteiger partial charge is 0.267 e. The van der Waals surface area contributed by atoms with E-state index in [1.807, 2.05) is 13.0 Å². The number of rotatable bonds is 5. The van der Waals surface area contributed by atoms with E-state index < -0.39 is 5.91 Å². The number of fused-ring (bicyclic) bond motifs is 2. The molecule has 0 aliphatic rings. The molecular weight excluding hydrogens is 322 g/mol. The summed E-state index contributed by atoms with van der Waals surface area (Å²) in [7, 11) is 1.59. The van der Waals surface area contributed by atoms with Crippen molar-refractivity contribution in [1.29, 1.82) is 5.41 Å². The van der Waals surface area contributed by atoms with Crippen molar-refractivity contribution in [1.82, 2.24) is 14.0 Å². The maximum Gasteiger partial charge on any atom is 0.267 e. The molecule has 25 heavy (non-hydrogen) atoms. The van der Waals surface area contributed by atoms with Gasteiger partial charge in [-0.2, -0.15) is 0 Å². The lowest BCUT2D eigenvalue weighted by Crippen LogP contribution is -2.32. The molecule has 0 spiro atoms. The molecule has 0 atom stereocenters. The van der Waals surface area contributed by atoms with Crippen LogP contribution in [-0.2, 0) is 11.3 Å². The van der Waals surface area contributed by atoms with Crippen molar-refractivity contribution in [3.05, 3.63) is 51.4 Å². The average Bonchev–Trinajstić information content (AvgIpc) is 2.58. The van der Waals surface area contributed by atoms with Gasteiger partial charge in [0.15, 0.2) is 0 Å². The molecule has 0 saturated carbocycles. The summed E-state index contributed by atoms with van der Waals surface area (Å²) in [6.45, 7) is 2.74. The minimum absolute atomic E-state index is 0.00331. The number of carbonyl (C=O) groups excluding carboxylic acids is 1. The van der Waals surface area contributed by atoms with Gasteiger partial charge in [0.1, 0.15) is 16.8 Å². The molecule has 0 bridgehead atoms. The number of aromatic nitrogens is 3. The SMILES string of the molecule is COCCCn1c(=N)c(C(N)=O)cc2c(=O)n3cccc(C)c3nc21. The Morgan fingerprint density at radius 1 is 1.40 bits per heavy atom. The summed E-state index contributed by atoms with van der Waals surface area (Å²) in [4.78, 5) is 29.2. The fraction of sp³-hybridized carbons (Fsp3) is 0.294. The van der Waals surface area contributed by atoms with Crippen molar-refractivity contribution in [2.45, 2.75) is 19.9 Å². The maximum absolute atomic E-state index is 12.9. The first-order valence-corrected chi connectivity index (χ1v) is 7.84. The number of amides is 1. The molecule has 0 unspecified atom stereocenters. The predicted molar refractivity (Wildman–Crippen MR) is 92.6 cm³/mol. The number of aryl methyl sites for hydroxylation is 2. The molecule has 1 amide bonds. The third-order valence-corrected chi connectivity index (χ3v) is 4.13. The number of nitrogens with zero attached hydrogens (tertiary/aromatic N) is 3. The topological polar surface area (TPSA) is 115 Å². The number of nitrogens with two attached hydrogens (primary N) is 1. The Morgan fingerprint density at radius 3 is 2.84 bits per heavy atom. The van der Waals surface area contributed by atoms with Crippen LogP contribution < -0.4 is 16.8 Å². The predicted octanol–water partition coefficient (Wildman–Crippen LogP) is 0.572. The molecule has 0 fully saturated rings. The van der Waals surface area contributed by atoms with Gasteiger partial charge in [0, 0.05) is 26.5 Å². The number of hydrogen-bond acceptors (Lipinski definition) is 5. The highest BCUT2D eigenvalue weighted by Crippen LogP contribution is 2.12. The van der Waals surface area contributed by atoms with Crippen molar-refractivity contribution in [3.63, 3.8) is 0 Å². The molecule has 3 N–H and O–H groups in total. The van der Waals surface area contributed by atoms with E-state index in [0.29, 0.717) is 30.9 Å². The maximum atomic E-state index is 12.9. The van der Waals surface area contributed by atoms with Crippen LogP contribution in [0, 0.1) is 12.3 Å². The van der Waals surface area contributed by atoms with Gasteiger partial charge in [-0.1, -0.05) is 6.07 Å². The number of nitrogens with one attached hydrogen (secondary N) is 1. The first kappa shape index (κ1) is 16.8. The zero-order valence-electron chi connectivity index (χ0n) is 14.1. The largest absolute Gasteiger partial charge is 0.385 e. The Bertz CT molecular complexity index is 1100. The van der Waals surface area contributed by atoms with Crippen LogP contribution in [0.4, 0.5) is 0 Å². The van der Waals surface area contributed by atoms with Crippen molar-refractivity contribution in [2.24, 2.45) is 5.73 Å². The highest BCUT2D eigenvalue weighted by atomic mass is 16.5. The molecule has 3 aromatic heterocycles. The molecule has 0 aliphatic carbocycles. The van der Waals surface area contributed by atoms with E-state index >= 15 is 0 Å². The molecule has 0 radical (unpaired) electrons. The van der Waals surface area contributed by atoms with Gasteiger partial charge in [-0.25, -0.2) is 4.98 Å². The Kier molecular flexibility index (Phi) is 4.37. The Balaban J connectivity index is 2.44. The molecule has 0 aromatic carbocycles. The first-order valence-electron chi connectivity index (χ1n) is 7.84. The molecule has 3 heterocycles. The standard InChI is InChI=1S/C17H19N5O3/c1-10-5-3-6-22-15(10)20-16-12(17(22)24)9-11(14(19)23)13(18)21(16)7-4-8-25-2/h3,5-6,9,18H,4,7-8H2,1-2H3,(H2,19,23). The second kappa shape index (κ2) is 6.48. The third kappa shape index (κ3) is 2.80. The van der Waals surface area contributed by atoms with Gasteiger partial charge < -0.3 is 15.0 Å². The molecular formula is C17H19N5O3. The summed E-state index contributed by atoms with van der Waals surface area (Å²) in [6, 6.07) is 4.98. The van der Waals surface area contributed by atoms with Crippen molar-refractivity contribution < 1.29 is 9.53 Å². The summed E-state index contributed by atoms with van der Waals surface area (Å²) >= 11 is 0. The van der Waals surface area contributed by atoms with Gasteiger partial charge in [-0.3, -0.25) is 19.4 Å². The number of methoxy groups -OCH3 is 1. The second-order valence-electron chi connectivity index (χ2n) is 5.81. The van der Waals surface area contributed by atoms with Crippen LogP contribution in [0.1, 0.15) is 22.3 Å². The molecule has 0 aliphatic heterocycles. The highest BCUT2D eigenvalue weighted by Gasteiger charge is 2.16. The monoisotopic (exact) mass is 341 g/mol. The lowest BCUT2D eigenvalue weighted by Gasteiger charge is -2.14. The van der Waals surface area contributed by atoms with Crippen molar-refractivity contribution in [2.75, 3.05) is 13.7 Å². The van der Waals surface area contributed by atoms with Crippen LogP contribution in [0.5, 0.6) is 0 Å². The first-order chi connectivity index (χ1) is 12.0. The van der Waals surface area contributed by atoms with E-state index in [1.54, 1.807) is 23.9 Å². The summed E-state index contributed by atoms with van der Waals surface area (Å²) in [5.74, 6) is -0.749. The van der Waals surface area contributed by atoms with Crippen LogP contribution in [0.25, 0.3) is 16.7 Å². The molecule has 130 valence electrons. The lowest BCUT2D eigenvalue weighted by molar-refractivity contribution is 0.0998. The Hall–Kier alpha value is -3.00. The number of hydrogen-bond donors (Lipinski definition) is 2. The zero-order chi connectivity index (χ0) is 18.1. The second-order valence-corrected chi connectivity index (χ2v) is 5.81. The van der Waals surface area contributed by atoms with Gasteiger partial charge in [0.05, 0.1) is 10.9 Å². The summed E-state index contributed by atoms with van der Waals surface area (Å²) < 4.78 is 8.03. The van der Waals surface area contributed by atoms with E-state index in [4.69, 9.17) is 15.9 Å². The average molecular weight is 341 g/mol. The third-order valence-electron chi connectivity index (χ3n) is 4.13. The van der Waals surface area contributed by atoms with Crippen LogP contribution in [0.3, 0.4) is 0 Å². The van der Waals surface area contributed by atoms with Crippen LogP contribution in [-0.4, -0.2) is 33.6 Å². The molecule has 3 aromatic rings. The van der Waals surface area contributed by atoms with Crippen LogP contribution in [0.15, 0.2) is 29.2 Å². The number of carbonyl (C=O) groups is 1. The van der Waals surface area contributed by atoms with Crippen molar-refractivity contribution >= 4 is 22.6 Å². The van der Waals surface area contributed by atoms with E-state index in [1.165, 1.54) is 10.5 Å². The van der Waals surface area contributed by atoms with Gasteiger partial charge in [-0.15, -0.1) is 0 Å². The van der Waals surface area contributed by atoms with Gasteiger partial charge in [-0.05, 0) is 31.0 Å². The molecule has 0 saturated heterocycles. The van der Waals surface area contributed by atoms with E-state index in [0.717, 1.165) is 5.56 Å². The molecule has 8 nitrogen and oxygen atoms in total. The lowest BCUT2D eigenvalue weighted by atomic mass is 10.2. The van der Waals surface area contributed by atoms with Crippen LogP contribution >= 0.6 is 0 Å². The Morgan fingerprint density at radius 2 is 2.16 bits per heavy atom. The zero-order valence-corrected chi connectivity index (χ0v) is 14.1. The molecule has 3 rings (SSSR count). The van der Waals surface area contributed by atoms with E-state index in [-0.39, 0.29) is 22.0 Å². The van der Waals surface area contributed by atoms with Crippen LogP contribution in [0.2, 0.25) is 0 Å². The Labute approximate surface area is 143 Å². The fourth-order valence-corrected chi connectivity index (χ4v) is 2.87. The minimum Gasteiger partial charge on any atom is -0.385 e. The number of pyridine rings is 2. The van der Waals surface area contributed by atoms with Gasteiger partial charge in [0.2, 0.25) is 0 Å². The number of primary amides is 1. The van der Waals surface area contributed by atoms with Crippen molar-refractivity contribution in [3.8, 4) is 0 Å². The van der Waals surface area contributed by atoms with Gasteiger partial charge in [0.25, 0.3) is 11.5 Å². The van der Waals surface area contributed by atoms with Gasteiger partial charge >= 0.3 is 0 Å². The quantitative estimate of drug-likeness (QED) is 0.521. The highest BCUT2D eigenvalue weighted by molar-refractivity contribution is 5.95. The van der Waals surface area contributed by atoms with E-state index in [2.05, 4.69) is 4.98 Å². The fourth-order valence-electron chi connectivity index (χ4n) is 2.87. The number of ether oxygens (including phenoxy) is 1. The van der Waals surface area contributed by atoms with E-state index in [9.17, 15) is 9.59 Å².